The number of fused-ring (bicyclic) bond motifs is 1. The highest BCUT2D eigenvalue weighted by atomic mass is 32.2. The number of hydrogen-bond donors (Lipinski definition) is 2. The highest BCUT2D eigenvalue weighted by Gasteiger charge is 2.27. The van der Waals surface area contributed by atoms with Gasteiger partial charge in [-0.2, -0.15) is 0 Å². The Morgan fingerprint density at radius 3 is 2.59 bits per heavy atom. The molecule has 0 amide bonds. The molecule has 4 nitrogen and oxygen atoms in total. The minimum absolute atomic E-state index is 0.00342. The number of nitrogen functional groups attached to an aromatic ring is 2. The number of nitrogens with two attached hydrogens (primary N) is 2. The molecule has 94 valence electrons. The van der Waals surface area contributed by atoms with Crippen molar-refractivity contribution in [2.75, 3.05) is 24.7 Å². The van der Waals surface area contributed by atoms with E-state index in [1.54, 1.807) is 11.8 Å². The first kappa shape index (κ1) is 12.4. The maximum absolute atomic E-state index is 6.12. The van der Waals surface area contributed by atoms with Gasteiger partial charge in [-0.3, -0.25) is 0 Å². The van der Waals surface area contributed by atoms with Crippen molar-refractivity contribution >= 4 is 23.1 Å². The minimum atomic E-state index is -0.00342. The van der Waals surface area contributed by atoms with Crippen LogP contribution in [-0.4, -0.2) is 18.6 Å². The summed E-state index contributed by atoms with van der Waals surface area (Å²) in [6.07, 6.45) is 0. The molecule has 0 aromatic heterocycles. The molecule has 1 atom stereocenters. The fourth-order valence-corrected chi connectivity index (χ4v) is 2.99. The number of anilines is 2. The zero-order valence-electron chi connectivity index (χ0n) is 10.4. The van der Waals surface area contributed by atoms with E-state index < -0.39 is 0 Å². The molecule has 0 saturated heterocycles. The first-order valence-electron chi connectivity index (χ1n) is 5.65. The lowest BCUT2D eigenvalue weighted by atomic mass is 10.1. The van der Waals surface area contributed by atoms with E-state index in [0.29, 0.717) is 24.7 Å². The zero-order valence-corrected chi connectivity index (χ0v) is 11.2. The van der Waals surface area contributed by atoms with Crippen LogP contribution in [0.1, 0.15) is 18.1 Å². The summed E-state index contributed by atoms with van der Waals surface area (Å²) >= 11 is 1.59. The van der Waals surface area contributed by atoms with E-state index in [-0.39, 0.29) is 5.44 Å². The molecule has 17 heavy (non-hydrogen) atoms. The van der Waals surface area contributed by atoms with Gasteiger partial charge in [-0.05, 0) is 31.9 Å². The van der Waals surface area contributed by atoms with Crippen molar-refractivity contribution in [1.82, 2.24) is 0 Å². The predicted octanol–water partition coefficient (Wildman–Crippen LogP) is 2.31. The Labute approximate surface area is 106 Å². The van der Waals surface area contributed by atoms with Gasteiger partial charge in [-0.1, -0.05) is 11.8 Å². The number of benzene rings is 1. The number of ether oxygens (including phenoxy) is 2. The van der Waals surface area contributed by atoms with Crippen LogP contribution in [0.3, 0.4) is 0 Å². The maximum atomic E-state index is 6.12. The summed E-state index contributed by atoms with van der Waals surface area (Å²) in [7, 11) is 0. The molecule has 1 unspecified atom stereocenters. The summed E-state index contributed by atoms with van der Waals surface area (Å²) in [6.45, 7) is 7.08. The molecule has 0 aliphatic carbocycles. The van der Waals surface area contributed by atoms with Crippen LogP contribution in [-0.2, 0) is 4.74 Å². The predicted molar refractivity (Wildman–Crippen MR) is 71.5 cm³/mol. The van der Waals surface area contributed by atoms with Crippen LogP contribution in [0.4, 0.5) is 11.4 Å². The molecule has 2 rings (SSSR count). The van der Waals surface area contributed by atoms with Crippen molar-refractivity contribution in [3.63, 3.8) is 0 Å². The maximum Gasteiger partial charge on any atom is 0.158 e. The average Bonchev–Trinajstić information content (AvgIpc) is 2.34. The van der Waals surface area contributed by atoms with Gasteiger partial charge in [0.15, 0.2) is 5.75 Å². The summed E-state index contributed by atoms with van der Waals surface area (Å²) in [6, 6.07) is 0. The SMILES string of the molecule is CCOC1COc2c(N)c(C)c(C)c(N)c2S1. The van der Waals surface area contributed by atoms with Gasteiger partial charge in [0.1, 0.15) is 12.0 Å². The molecule has 1 aromatic rings. The molecule has 0 saturated carbocycles. The van der Waals surface area contributed by atoms with Crippen molar-refractivity contribution in [3.05, 3.63) is 11.1 Å². The number of rotatable bonds is 2. The van der Waals surface area contributed by atoms with E-state index in [4.69, 9.17) is 20.9 Å². The molecule has 0 spiro atoms. The quantitative estimate of drug-likeness (QED) is 0.793. The van der Waals surface area contributed by atoms with E-state index in [1.807, 2.05) is 20.8 Å². The Bertz CT molecular complexity index is 449. The summed E-state index contributed by atoms with van der Waals surface area (Å²) in [4.78, 5) is 0.912. The largest absolute Gasteiger partial charge is 0.487 e. The van der Waals surface area contributed by atoms with Crippen LogP contribution in [0.25, 0.3) is 0 Å². The smallest absolute Gasteiger partial charge is 0.158 e. The van der Waals surface area contributed by atoms with Crippen molar-refractivity contribution in [3.8, 4) is 5.75 Å². The molecule has 0 radical (unpaired) electrons. The van der Waals surface area contributed by atoms with E-state index in [2.05, 4.69) is 0 Å². The van der Waals surface area contributed by atoms with Crippen molar-refractivity contribution in [2.45, 2.75) is 31.1 Å². The monoisotopic (exact) mass is 254 g/mol. The van der Waals surface area contributed by atoms with Crippen LogP contribution in [0, 0.1) is 13.8 Å². The molecule has 4 N–H and O–H groups in total. The van der Waals surface area contributed by atoms with Gasteiger partial charge in [-0.15, -0.1) is 0 Å². The average molecular weight is 254 g/mol. The summed E-state index contributed by atoms with van der Waals surface area (Å²) in [5.74, 6) is 0.714. The standard InChI is InChI=1S/C12H18N2O2S/c1-4-15-8-5-16-11-9(13)6(2)7(3)10(14)12(11)17-8/h8H,4-5,13-14H2,1-3H3. The van der Waals surface area contributed by atoms with Crippen LogP contribution in [0.15, 0.2) is 4.90 Å². The Kier molecular flexibility index (Phi) is 3.40. The summed E-state index contributed by atoms with van der Waals surface area (Å²) in [5.41, 5.74) is 15.6. The third-order valence-corrected chi connectivity index (χ3v) is 4.21. The molecular weight excluding hydrogens is 236 g/mol. The second kappa shape index (κ2) is 4.66. The zero-order chi connectivity index (χ0) is 12.6. The van der Waals surface area contributed by atoms with Crippen LogP contribution in [0.2, 0.25) is 0 Å². The van der Waals surface area contributed by atoms with Gasteiger partial charge in [-0.25, -0.2) is 0 Å². The summed E-state index contributed by atoms with van der Waals surface area (Å²) < 4.78 is 11.2. The molecule has 1 heterocycles. The summed E-state index contributed by atoms with van der Waals surface area (Å²) in [5, 5.41) is 0. The lowest BCUT2D eigenvalue weighted by Crippen LogP contribution is -2.23. The Hall–Kier alpha value is -1.07. The second-order valence-electron chi connectivity index (χ2n) is 4.05. The van der Waals surface area contributed by atoms with Crippen LogP contribution < -0.4 is 16.2 Å². The van der Waals surface area contributed by atoms with Gasteiger partial charge >= 0.3 is 0 Å². The van der Waals surface area contributed by atoms with Gasteiger partial charge in [0.2, 0.25) is 0 Å². The first-order chi connectivity index (χ1) is 8.06. The molecular formula is C12H18N2O2S. The van der Waals surface area contributed by atoms with Crippen molar-refractivity contribution in [1.29, 1.82) is 0 Å². The molecule has 0 fully saturated rings. The van der Waals surface area contributed by atoms with E-state index in [0.717, 1.165) is 21.7 Å². The first-order valence-corrected chi connectivity index (χ1v) is 6.53. The van der Waals surface area contributed by atoms with Gasteiger partial charge in [0, 0.05) is 6.61 Å². The molecule has 1 aliphatic rings. The van der Waals surface area contributed by atoms with Crippen LogP contribution in [0.5, 0.6) is 5.75 Å². The number of hydrogen-bond acceptors (Lipinski definition) is 5. The van der Waals surface area contributed by atoms with Gasteiger partial charge < -0.3 is 20.9 Å². The second-order valence-corrected chi connectivity index (χ2v) is 5.22. The highest BCUT2D eigenvalue weighted by Crippen LogP contribution is 2.47. The molecule has 5 heteroatoms. The number of thioether (sulfide) groups is 1. The lowest BCUT2D eigenvalue weighted by molar-refractivity contribution is 0.0807. The molecule has 1 aliphatic heterocycles. The van der Waals surface area contributed by atoms with Crippen LogP contribution >= 0.6 is 11.8 Å². The van der Waals surface area contributed by atoms with Gasteiger partial charge in [0.05, 0.1) is 16.3 Å². The third kappa shape index (κ3) is 2.05. The fraction of sp³-hybridized carbons (Fsp3) is 0.500. The lowest BCUT2D eigenvalue weighted by Gasteiger charge is -2.28. The Balaban J connectivity index is 2.44. The Morgan fingerprint density at radius 2 is 1.94 bits per heavy atom. The molecule has 0 bridgehead atoms. The van der Waals surface area contributed by atoms with Crippen molar-refractivity contribution < 1.29 is 9.47 Å². The minimum Gasteiger partial charge on any atom is -0.487 e. The van der Waals surface area contributed by atoms with E-state index in [1.165, 1.54) is 0 Å². The van der Waals surface area contributed by atoms with Crippen molar-refractivity contribution in [2.24, 2.45) is 0 Å². The van der Waals surface area contributed by atoms with E-state index in [9.17, 15) is 0 Å². The Morgan fingerprint density at radius 1 is 1.29 bits per heavy atom. The molecule has 1 aromatic carbocycles. The normalized spacial score (nSPS) is 18.6. The third-order valence-electron chi connectivity index (χ3n) is 3.03. The topological polar surface area (TPSA) is 70.5 Å². The van der Waals surface area contributed by atoms with Gasteiger partial charge in [0.25, 0.3) is 0 Å². The van der Waals surface area contributed by atoms with E-state index >= 15 is 0 Å². The highest BCUT2D eigenvalue weighted by molar-refractivity contribution is 8.00. The fourth-order valence-electron chi connectivity index (χ4n) is 1.83.